The number of aromatic nitrogens is 4. The first-order valence-electron chi connectivity index (χ1n) is 8.21. The van der Waals surface area contributed by atoms with Crippen molar-refractivity contribution in [1.82, 2.24) is 25.3 Å². The van der Waals surface area contributed by atoms with Gasteiger partial charge in [-0.25, -0.2) is 9.97 Å². The van der Waals surface area contributed by atoms with E-state index in [0.29, 0.717) is 45.3 Å². The predicted octanol–water partition coefficient (Wildman–Crippen LogP) is 0.0898. The Morgan fingerprint density at radius 3 is 2.92 bits per heavy atom. The van der Waals surface area contributed by atoms with E-state index < -0.39 is 0 Å². The quantitative estimate of drug-likeness (QED) is 0.385. The number of carbonyl (C=O) groups excluding carboxylic acids is 1. The monoisotopic (exact) mass is 346 g/mol. The maximum Gasteiger partial charge on any atom is 0.227 e. The van der Waals surface area contributed by atoms with E-state index in [4.69, 9.17) is 15.2 Å². The molecule has 9 nitrogen and oxygen atoms in total. The van der Waals surface area contributed by atoms with Crippen LogP contribution < -0.4 is 11.1 Å². The molecular formula is C16H22N6O3. The topological polar surface area (TPSA) is 131 Å². The van der Waals surface area contributed by atoms with Crippen molar-refractivity contribution in [1.29, 1.82) is 0 Å². The van der Waals surface area contributed by atoms with Gasteiger partial charge in [0, 0.05) is 24.7 Å². The fourth-order valence-electron chi connectivity index (χ4n) is 2.49. The molecule has 134 valence electrons. The first kappa shape index (κ1) is 17.3. The summed E-state index contributed by atoms with van der Waals surface area (Å²) in [5, 5.41) is 3.74. The zero-order valence-electron chi connectivity index (χ0n) is 13.9. The lowest BCUT2D eigenvalue weighted by Gasteiger charge is -2.06. The minimum atomic E-state index is -0.111. The molecule has 0 aliphatic rings. The number of nitrogens with two attached hydrogens (primary N) is 1. The minimum Gasteiger partial charge on any atom is -0.378 e. The van der Waals surface area contributed by atoms with E-state index in [9.17, 15) is 4.79 Å². The number of imidazole rings is 1. The van der Waals surface area contributed by atoms with Crippen LogP contribution in [0.25, 0.3) is 22.1 Å². The van der Waals surface area contributed by atoms with Crippen LogP contribution in [0, 0.1) is 0 Å². The molecule has 0 aromatic carbocycles. The first-order valence-corrected chi connectivity index (χ1v) is 8.21. The van der Waals surface area contributed by atoms with Crippen LogP contribution in [0.15, 0.2) is 18.5 Å². The molecule has 3 rings (SSSR count). The van der Waals surface area contributed by atoms with Crippen LogP contribution in [0.5, 0.6) is 0 Å². The largest absolute Gasteiger partial charge is 0.378 e. The first-order chi connectivity index (χ1) is 12.3. The number of hydrogen-bond acceptors (Lipinski definition) is 6. The van der Waals surface area contributed by atoms with Crippen LogP contribution in [0.2, 0.25) is 0 Å². The Kier molecular flexibility index (Phi) is 5.94. The van der Waals surface area contributed by atoms with Crippen molar-refractivity contribution >= 4 is 28.0 Å². The van der Waals surface area contributed by atoms with Crippen LogP contribution >= 0.6 is 0 Å². The third-order valence-electron chi connectivity index (χ3n) is 3.61. The summed E-state index contributed by atoms with van der Waals surface area (Å²) in [5.74, 6) is 0.499. The fourth-order valence-corrected chi connectivity index (χ4v) is 2.49. The molecule has 0 aliphatic carbocycles. The summed E-state index contributed by atoms with van der Waals surface area (Å²) in [7, 11) is 0. The lowest BCUT2D eigenvalue weighted by Crippen LogP contribution is -2.29. The third kappa shape index (κ3) is 4.53. The van der Waals surface area contributed by atoms with Gasteiger partial charge >= 0.3 is 0 Å². The SMILES string of the molecule is NCCOCCOCCNC(=O)Cc1nc2c(cnc3[nH]ccc32)[nH]1. The molecule has 0 saturated heterocycles. The molecule has 0 bridgehead atoms. The Morgan fingerprint density at radius 2 is 2.08 bits per heavy atom. The van der Waals surface area contributed by atoms with Gasteiger partial charge < -0.3 is 30.5 Å². The Balaban J connectivity index is 1.43. The molecule has 0 radical (unpaired) electrons. The van der Waals surface area contributed by atoms with Crippen molar-refractivity contribution in [3.05, 3.63) is 24.3 Å². The van der Waals surface area contributed by atoms with E-state index in [-0.39, 0.29) is 12.3 Å². The van der Waals surface area contributed by atoms with Crippen LogP contribution in [0.3, 0.4) is 0 Å². The van der Waals surface area contributed by atoms with Crippen molar-refractivity contribution in [2.45, 2.75) is 6.42 Å². The second-order valence-electron chi connectivity index (χ2n) is 5.48. The van der Waals surface area contributed by atoms with Crippen LogP contribution in [-0.4, -0.2) is 65.4 Å². The van der Waals surface area contributed by atoms with E-state index in [1.54, 1.807) is 6.20 Å². The Labute approximate surface area is 144 Å². The maximum absolute atomic E-state index is 12.0. The molecular weight excluding hydrogens is 324 g/mol. The normalized spacial score (nSPS) is 11.4. The van der Waals surface area contributed by atoms with Crippen molar-refractivity contribution in [3.63, 3.8) is 0 Å². The molecule has 1 amide bonds. The number of amides is 1. The number of H-pyrrole nitrogens is 2. The highest BCUT2D eigenvalue weighted by Crippen LogP contribution is 2.20. The highest BCUT2D eigenvalue weighted by molar-refractivity contribution is 6.00. The van der Waals surface area contributed by atoms with Gasteiger partial charge in [0.1, 0.15) is 17.0 Å². The van der Waals surface area contributed by atoms with Crippen LogP contribution in [-0.2, 0) is 20.7 Å². The second-order valence-corrected chi connectivity index (χ2v) is 5.48. The molecule has 0 unspecified atom stereocenters. The predicted molar refractivity (Wildman–Crippen MR) is 93.2 cm³/mol. The van der Waals surface area contributed by atoms with Crippen molar-refractivity contribution < 1.29 is 14.3 Å². The van der Waals surface area contributed by atoms with Gasteiger partial charge in [-0.2, -0.15) is 0 Å². The van der Waals surface area contributed by atoms with Gasteiger partial charge in [0.15, 0.2) is 0 Å². The Morgan fingerprint density at radius 1 is 1.24 bits per heavy atom. The van der Waals surface area contributed by atoms with Gasteiger partial charge in [-0.15, -0.1) is 0 Å². The lowest BCUT2D eigenvalue weighted by atomic mass is 10.3. The molecule has 3 aromatic rings. The summed E-state index contributed by atoms with van der Waals surface area (Å²) in [6.07, 6.45) is 3.71. The standard InChI is InChI=1S/C16H22N6O3/c17-2-5-24-7-8-25-6-4-18-14(23)9-13-21-12-10-20-16-11(1-3-19-16)15(12)22-13/h1,3,10H,2,4-9,17H2,(H,18,23)(H,19,20)(H,21,22). The molecule has 0 spiro atoms. The smallest absolute Gasteiger partial charge is 0.227 e. The zero-order chi connectivity index (χ0) is 17.5. The van der Waals surface area contributed by atoms with Crippen LogP contribution in [0.4, 0.5) is 0 Å². The maximum atomic E-state index is 12.0. The highest BCUT2D eigenvalue weighted by Gasteiger charge is 2.11. The van der Waals surface area contributed by atoms with Gasteiger partial charge in [-0.3, -0.25) is 4.79 Å². The van der Waals surface area contributed by atoms with E-state index >= 15 is 0 Å². The number of hydrogen-bond donors (Lipinski definition) is 4. The molecule has 0 fully saturated rings. The highest BCUT2D eigenvalue weighted by atomic mass is 16.5. The van der Waals surface area contributed by atoms with E-state index in [0.717, 1.165) is 22.1 Å². The summed E-state index contributed by atoms with van der Waals surface area (Å²) in [4.78, 5) is 27.0. The summed E-state index contributed by atoms with van der Waals surface area (Å²) < 4.78 is 10.5. The number of aromatic amines is 2. The third-order valence-corrected chi connectivity index (χ3v) is 3.61. The average molecular weight is 346 g/mol. The number of ether oxygens (including phenoxy) is 2. The van der Waals surface area contributed by atoms with E-state index in [2.05, 4.69) is 25.3 Å². The van der Waals surface area contributed by atoms with Gasteiger partial charge in [-0.05, 0) is 6.07 Å². The average Bonchev–Trinajstić information content (AvgIpc) is 3.22. The van der Waals surface area contributed by atoms with Gasteiger partial charge in [0.05, 0.1) is 44.6 Å². The number of pyridine rings is 1. The van der Waals surface area contributed by atoms with E-state index in [1.165, 1.54) is 0 Å². The number of fused-ring (bicyclic) bond motifs is 3. The zero-order valence-corrected chi connectivity index (χ0v) is 13.9. The summed E-state index contributed by atoms with van der Waals surface area (Å²) in [6, 6.07) is 1.92. The van der Waals surface area contributed by atoms with Gasteiger partial charge in [-0.1, -0.05) is 0 Å². The lowest BCUT2D eigenvalue weighted by molar-refractivity contribution is -0.120. The molecule has 3 aromatic heterocycles. The number of carbonyl (C=O) groups is 1. The molecule has 0 saturated carbocycles. The number of nitrogens with zero attached hydrogens (tertiary/aromatic N) is 2. The molecule has 0 aliphatic heterocycles. The summed E-state index contributed by atoms with van der Waals surface area (Å²) in [6.45, 7) is 2.90. The number of rotatable bonds is 10. The van der Waals surface area contributed by atoms with Crippen LogP contribution in [0.1, 0.15) is 5.82 Å². The second kappa shape index (κ2) is 8.56. The molecule has 9 heteroatoms. The molecule has 0 atom stereocenters. The van der Waals surface area contributed by atoms with Gasteiger partial charge in [0.2, 0.25) is 5.91 Å². The Bertz CT molecular complexity index is 828. The molecule has 3 heterocycles. The van der Waals surface area contributed by atoms with Crippen molar-refractivity contribution in [2.75, 3.05) is 39.5 Å². The number of nitrogens with one attached hydrogen (secondary N) is 3. The van der Waals surface area contributed by atoms with Crippen molar-refractivity contribution in [3.8, 4) is 0 Å². The molecule has 5 N–H and O–H groups in total. The minimum absolute atomic E-state index is 0.111. The van der Waals surface area contributed by atoms with Crippen molar-refractivity contribution in [2.24, 2.45) is 5.73 Å². The summed E-state index contributed by atoms with van der Waals surface area (Å²) in [5.41, 5.74) is 7.72. The van der Waals surface area contributed by atoms with Gasteiger partial charge in [0.25, 0.3) is 0 Å². The fraction of sp³-hybridized carbons (Fsp3) is 0.438. The van der Waals surface area contributed by atoms with E-state index in [1.807, 2.05) is 12.3 Å². The summed E-state index contributed by atoms with van der Waals surface area (Å²) >= 11 is 0. The Hall–Kier alpha value is -2.49. The molecule has 25 heavy (non-hydrogen) atoms.